The van der Waals surface area contributed by atoms with Crippen LogP contribution in [0.3, 0.4) is 0 Å². The molecule has 2 rings (SSSR count). The minimum absolute atomic E-state index is 0.642. The Hall–Kier alpha value is -0.930. The van der Waals surface area contributed by atoms with Crippen molar-refractivity contribution in [3.8, 4) is 0 Å². The molecule has 0 aliphatic carbocycles. The second-order valence-electron chi connectivity index (χ2n) is 2.42. The van der Waals surface area contributed by atoms with Crippen LogP contribution >= 0.6 is 0 Å². The molecule has 11 heavy (non-hydrogen) atoms. The fourth-order valence-electron chi connectivity index (χ4n) is 0.960. The third-order valence-corrected chi connectivity index (χ3v) is 1.67. The number of hydrogen-bond acceptors (Lipinski definition) is 2. The Labute approximate surface area is 63.5 Å². The molecule has 0 radical (unpaired) electrons. The fraction of sp³-hybridized carbons (Fsp3) is 0.250. The molecule has 0 N–H and O–H groups in total. The number of hydrogen-bond donors (Lipinski definition) is 0. The molecule has 0 bridgehead atoms. The number of alkyl halides is 1. The molecule has 0 atom stereocenters. The molecule has 1 aromatic rings. The van der Waals surface area contributed by atoms with E-state index in [2.05, 4.69) is 9.78 Å². The predicted molar refractivity (Wildman–Crippen MR) is 36.3 cm³/mol. The Morgan fingerprint density at radius 2 is 1.82 bits per heavy atom. The van der Waals surface area contributed by atoms with E-state index >= 15 is 0 Å². The molecule has 0 aromatic heterocycles. The summed E-state index contributed by atoms with van der Waals surface area (Å²) in [5.41, 5.74) is 0.725. The molecule has 0 amide bonds. The highest BCUT2D eigenvalue weighted by Crippen LogP contribution is 2.40. The van der Waals surface area contributed by atoms with Gasteiger partial charge in [0.05, 0.1) is 0 Å². The molecule has 1 aliphatic heterocycles. The largest absolute Gasteiger partial charge is 0.287 e. The molecule has 1 aromatic carbocycles. The predicted octanol–water partition coefficient (Wildman–Crippen LogP) is 1.77. The van der Waals surface area contributed by atoms with Crippen molar-refractivity contribution < 1.29 is 14.2 Å². The number of rotatable bonds is 2. The first-order chi connectivity index (χ1) is 5.37. The molecule has 2 nitrogen and oxygen atoms in total. The Bertz CT molecular complexity index is 244. The maximum Gasteiger partial charge on any atom is 0.287 e. The van der Waals surface area contributed by atoms with Crippen LogP contribution in [0.25, 0.3) is 0 Å². The van der Waals surface area contributed by atoms with E-state index in [0.717, 1.165) is 5.56 Å². The van der Waals surface area contributed by atoms with Gasteiger partial charge in [0.15, 0.2) is 6.67 Å². The van der Waals surface area contributed by atoms with E-state index in [1.165, 1.54) is 0 Å². The average molecular weight is 154 g/mol. The number of halogens is 1. The van der Waals surface area contributed by atoms with Crippen molar-refractivity contribution in [1.29, 1.82) is 0 Å². The summed E-state index contributed by atoms with van der Waals surface area (Å²) in [6, 6.07) is 9.03. The first-order valence-corrected chi connectivity index (χ1v) is 3.36. The van der Waals surface area contributed by atoms with Crippen LogP contribution in [-0.4, -0.2) is 6.67 Å². The van der Waals surface area contributed by atoms with Gasteiger partial charge in [-0.2, -0.15) is 9.78 Å². The van der Waals surface area contributed by atoms with Gasteiger partial charge < -0.3 is 0 Å². The highest BCUT2D eigenvalue weighted by Gasteiger charge is 2.51. The van der Waals surface area contributed by atoms with E-state index < -0.39 is 12.5 Å². The average Bonchev–Trinajstić information content (AvgIpc) is 2.86. The Morgan fingerprint density at radius 3 is 2.27 bits per heavy atom. The van der Waals surface area contributed by atoms with Crippen molar-refractivity contribution in [2.24, 2.45) is 0 Å². The van der Waals surface area contributed by atoms with Crippen LogP contribution in [-0.2, 0) is 15.6 Å². The van der Waals surface area contributed by atoms with Gasteiger partial charge in [-0.3, -0.25) is 0 Å². The molecule has 0 saturated carbocycles. The summed E-state index contributed by atoms with van der Waals surface area (Å²) in [5.74, 6) is -1.08. The summed E-state index contributed by atoms with van der Waals surface area (Å²) < 4.78 is 12.3. The standard InChI is InChI=1S/C8H7FO2/c9-6-8(10-11-8)7-4-2-1-3-5-7/h1-5H,6H2. The quantitative estimate of drug-likeness (QED) is 0.479. The molecule has 1 saturated heterocycles. The highest BCUT2D eigenvalue weighted by molar-refractivity contribution is 5.21. The topological polar surface area (TPSA) is 25.1 Å². The molecular weight excluding hydrogens is 147 g/mol. The SMILES string of the molecule is FCC1(c2ccccc2)OO1. The van der Waals surface area contributed by atoms with Crippen LogP contribution in [0, 0.1) is 0 Å². The van der Waals surface area contributed by atoms with Crippen LogP contribution in [0.15, 0.2) is 30.3 Å². The molecule has 1 aliphatic rings. The van der Waals surface area contributed by atoms with E-state index in [-0.39, 0.29) is 0 Å². The van der Waals surface area contributed by atoms with E-state index in [1.54, 1.807) is 12.1 Å². The monoisotopic (exact) mass is 154 g/mol. The van der Waals surface area contributed by atoms with Crippen molar-refractivity contribution >= 4 is 0 Å². The first-order valence-electron chi connectivity index (χ1n) is 3.36. The summed E-state index contributed by atoms with van der Waals surface area (Å²) in [5, 5.41) is 0. The normalized spacial score (nSPS) is 19.7. The number of benzene rings is 1. The highest BCUT2D eigenvalue weighted by atomic mass is 19.1. The summed E-state index contributed by atoms with van der Waals surface area (Å²) in [6.07, 6.45) is 0. The summed E-state index contributed by atoms with van der Waals surface area (Å²) in [7, 11) is 0. The molecule has 1 fully saturated rings. The molecule has 0 unspecified atom stereocenters. The Morgan fingerprint density at radius 1 is 1.18 bits per heavy atom. The van der Waals surface area contributed by atoms with Crippen LogP contribution in [0.5, 0.6) is 0 Å². The third kappa shape index (κ3) is 1.02. The lowest BCUT2D eigenvalue weighted by Crippen LogP contribution is -2.09. The van der Waals surface area contributed by atoms with Gasteiger partial charge in [0, 0.05) is 5.56 Å². The Balaban J connectivity index is 2.30. The van der Waals surface area contributed by atoms with Crippen LogP contribution in [0.1, 0.15) is 5.56 Å². The molecule has 1 heterocycles. The van der Waals surface area contributed by atoms with Gasteiger partial charge in [0.2, 0.25) is 0 Å². The van der Waals surface area contributed by atoms with Gasteiger partial charge in [-0.15, -0.1) is 0 Å². The van der Waals surface area contributed by atoms with Gasteiger partial charge in [0.1, 0.15) is 0 Å². The summed E-state index contributed by atoms with van der Waals surface area (Å²) in [4.78, 5) is 9.11. The second-order valence-corrected chi connectivity index (χ2v) is 2.42. The van der Waals surface area contributed by atoms with Crippen molar-refractivity contribution in [2.75, 3.05) is 6.67 Å². The van der Waals surface area contributed by atoms with Crippen molar-refractivity contribution in [2.45, 2.75) is 5.79 Å². The minimum Gasteiger partial charge on any atom is -0.245 e. The zero-order chi connectivity index (χ0) is 7.73. The van der Waals surface area contributed by atoms with Gasteiger partial charge >= 0.3 is 0 Å². The van der Waals surface area contributed by atoms with E-state index in [4.69, 9.17) is 0 Å². The lowest BCUT2D eigenvalue weighted by Gasteiger charge is -1.99. The van der Waals surface area contributed by atoms with Crippen molar-refractivity contribution in [3.05, 3.63) is 35.9 Å². The van der Waals surface area contributed by atoms with E-state index in [0.29, 0.717) is 0 Å². The zero-order valence-corrected chi connectivity index (χ0v) is 5.79. The molecular formula is C8H7FO2. The van der Waals surface area contributed by atoms with Crippen LogP contribution in [0.2, 0.25) is 0 Å². The van der Waals surface area contributed by atoms with Crippen LogP contribution < -0.4 is 0 Å². The van der Waals surface area contributed by atoms with Gasteiger partial charge in [-0.1, -0.05) is 30.3 Å². The molecule has 0 spiro atoms. The first kappa shape index (κ1) is 6.76. The maximum absolute atomic E-state index is 12.3. The lowest BCUT2D eigenvalue weighted by molar-refractivity contribution is 0.0850. The van der Waals surface area contributed by atoms with Gasteiger partial charge in [-0.25, -0.2) is 4.39 Å². The van der Waals surface area contributed by atoms with Gasteiger partial charge in [0.25, 0.3) is 5.79 Å². The Kier molecular flexibility index (Phi) is 1.41. The second kappa shape index (κ2) is 2.29. The zero-order valence-electron chi connectivity index (χ0n) is 5.79. The van der Waals surface area contributed by atoms with Gasteiger partial charge in [-0.05, 0) is 0 Å². The minimum atomic E-state index is -1.08. The van der Waals surface area contributed by atoms with Crippen molar-refractivity contribution in [1.82, 2.24) is 0 Å². The van der Waals surface area contributed by atoms with E-state index in [9.17, 15) is 4.39 Å². The van der Waals surface area contributed by atoms with E-state index in [1.807, 2.05) is 18.2 Å². The molecule has 58 valence electrons. The smallest absolute Gasteiger partial charge is 0.245 e. The molecule has 3 heteroatoms. The van der Waals surface area contributed by atoms with Crippen LogP contribution in [0.4, 0.5) is 4.39 Å². The maximum atomic E-state index is 12.3. The lowest BCUT2D eigenvalue weighted by atomic mass is 10.1. The van der Waals surface area contributed by atoms with Crippen molar-refractivity contribution in [3.63, 3.8) is 0 Å². The summed E-state index contributed by atoms with van der Waals surface area (Å²) >= 11 is 0. The third-order valence-electron chi connectivity index (χ3n) is 1.67. The summed E-state index contributed by atoms with van der Waals surface area (Å²) in [6.45, 7) is -0.642. The fourth-order valence-corrected chi connectivity index (χ4v) is 0.960.